The van der Waals surface area contributed by atoms with Crippen LogP contribution in [-0.2, 0) is 13.0 Å². The highest BCUT2D eigenvalue weighted by atomic mass is 15.3. The molecule has 0 fully saturated rings. The van der Waals surface area contributed by atoms with Gasteiger partial charge >= 0.3 is 0 Å². The fourth-order valence-corrected chi connectivity index (χ4v) is 2.26. The van der Waals surface area contributed by atoms with E-state index in [1.165, 1.54) is 24.1 Å². The third-order valence-electron chi connectivity index (χ3n) is 3.16. The predicted octanol–water partition coefficient (Wildman–Crippen LogP) is 3.28. The molecule has 0 radical (unpaired) electrons. The Morgan fingerprint density at radius 2 is 2.05 bits per heavy atom. The molecular formula is C16H23N3. The molecule has 3 heteroatoms. The van der Waals surface area contributed by atoms with Gasteiger partial charge in [-0.2, -0.15) is 5.10 Å². The average molecular weight is 257 g/mol. The summed E-state index contributed by atoms with van der Waals surface area (Å²) in [6, 6.07) is 10.7. The number of rotatable bonds is 6. The van der Waals surface area contributed by atoms with Crippen LogP contribution in [0.5, 0.6) is 0 Å². The third kappa shape index (κ3) is 3.67. The van der Waals surface area contributed by atoms with Crippen LogP contribution in [-0.4, -0.2) is 28.8 Å². The van der Waals surface area contributed by atoms with Crippen molar-refractivity contribution in [2.24, 2.45) is 0 Å². The summed E-state index contributed by atoms with van der Waals surface area (Å²) in [6.07, 6.45) is 5.41. The fourth-order valence-electron chi connectivity index (χ4n) is 2.26. The molecule has 19 heavy (non-hydrogen) atoms. The van der Waals surface area contributed by atoms with Crippen molar-refractivity contribution in [2.75, 3.05) is 14.1 Å². The summed E-state index contributed by atoms with van der Waals surface area (Å²) in [7, 11) is 4.18. The van der Waals surface area contributed by atoms with E-state index < -0.39 is 0 Å². The van der Waals surface area contributed by atoms with E-state index in [4.69, 9.17) is 0 Å². The topological polar surface area (TPSA) is 21.1 Å². The highest BCUT2D eigenvalue weighted by molar-refractivity contribution is 5.36. The van der Waals surface area contributed by atoms with Crippen LogP contribution in [0.2, 0.25) is 0 Å². The second-order valence-corrected chi connectivity index (χ2v) is 5.25. The molecule has 102 valence electrons. The van der Waals surface area contributed by atoms with Crippen LogP contribution in [0.1, 0.15) is 31.0 Å². The van der Waals surface area contributed by atoms with Crippen molar-refractivity contribution in [1.29, 1.82) is 0 Å². The van der Waals surface area contributed by atoms with Gasteiger partial charge in [-0.05, 0) is 50.7 Å². The smallest absolute Gasteiger partial charge is 0.0652 e. The molecule has 0 unspecified atom stereocenters. The zero-order chi connectivity index (χ0) is 13.7. The van der Waals surface area contributed by atoms with Gasteiger partial charge in [-0.25, -0.2) is 4.68 Å². The molecule has 2 aromatic rings. The van der Waals surface area contributed by atoms with Crippen LogP contribution in [0, 0.1) is 0 Å². The Kier molecular flexibility index (Phi) is 4.74. The number of hydrogen-bond donors (Lipinski definition) is 0. The Morgan fingerprint density at radius 1 is 1.21 bits per heavy atom. The summed E-state index contributed by atoms with van der Waals surface area (Å²) in [5.74, 6) is 0. The monoisotopic (exact) mass is 257 g/mol. The van der Waals surface area contributed by atoms with Gasteiger partial charge in [0.1, 0.15) is 0 Å². The molecule has 1 heterocycles. The van der Waals surface area contributed by atoms with Gasteiger partial charge in [0.25, 0.3) is 0 Å². The van der Waals surface area contributed by atoms with Crippen LogP contribution in [0.15, 0.2) is 36.5 Å². The molecule has 0 saturated carbocycles. The minimum Gasteiger partial charge on any atom is -0.305 e. The zero-order valence-electron chi connectivity index (χ0n) is 12.1. The van der Waals surface area contributed by atoms with Gasteiger partial charge < -0.3 is 4.90 Å². The van der Waals surface area contributed by atoms with Crippen LogP contribution >= 0.6 is 0 Å². The summed E-state index contributed by atoms with van der Waals surface area (Å²) < 4.78 is 2.06. The SMILES string of the molecule is CCCCc1ccnn1-c1cccc(CN(C)C)c1. The quantitative estimate of drug-likeness (QED) is 0.792. The van der Waals surface area contributed by atoms with Crippen molar-refractivity contribution < 1.29 is 0 Å². The number of aryl methyl sites for hydroxylation is 1. The minimum atomic E-state index is 0.958. The van der Waals surface area contributed by atoms with Gasteiger partial charge in [0.05, 0.1) is 5.69 Å². The number of hydrogen-bond acceptors (Lipinski definition) is 2. The van der Waals surface area contributed by atoms with Crippen molar-refractivity contribution in [3.63, 3.8) is 0 Å². The molecule has 3 nitrogen and oxygen atoms in total. The van der Waals surface area contributed by atoms with Crippen molar-refractivity contribution in [3.8, 4) is 5.69 Å². The summed E-state index contributed by atoms with van der Waals surface area (Å²) in [5, 5.41) is 4.46. The molecule has 1 aromatic carbocycles. The van der Waals surface area contributed by atoms with E-state index in [9.17, 15) is 0 Å². The fraction of sp³-hybridized carbons (Fsp3) is 0.438. The van der Waals surface area contributed by atoms with Crippen molar-refractivity contribution in [3.05, 3.63) is 47.8 Å². The Morgan fingerprint density at radius 3 is 2.79 bits per heavy atom. The Bertz CT molecular complexity index is 514. The Labute approximate surface area is 115 Å². The van der Waals surface area contributed by atoms with E-state index >= 15 is 0 Å². The normalized spacial score (nSPS) is 11.2. The lowest BCUT2D eigenvalue weighted by Gasteiger charge is -2.12. The molecule has 0 atom stereocenters. The summed E-state index contributed by atoms with van der Waals surface area (Å²) in [4.78, 5) is 2.18. The predicted molar refractivity (Wildman–Crippen MR) is 79.6 cm³/mol. The van der Waals surface area contributed by atoms with Gasteiger partial charge in [-0.1, -0.05) is 25.5 Å². The lowest BCUT2D eigenvalue weighted by atomic mass is 10.1. The first-order chi connectivity index (χ1) is 9.20. The standard InChI is InChI=1S/C16H23N3/c1-4-5-8-15-10-11-17-19(15)16-9-6-7-14(12-16)13-18(2)3/h6-7,9-12H,4-5,8,13H2,1-3H3. The first-order valence-corrected chi connectivity index (χ1v) is 6.97. The van der Waals surface area contributed by atoms with E-state index in [0.717, 1.165) is 18.7 Å². The molecule has 0 saturated heterocycles. The third-order valence-corrected chi connectivity index (χ3v) is 3.16. The highest BCUT2D eigenvalue weighted by Crippen LogP contribution is 2.15. The number of nitrogens with zero attached hydrogens (tertiary/aromatic N) is 3. The van der Waals surface area contributed by atoms with Crippen LogP contribution in [0.25, 0.3) is 5.69 Å². The van der Waals surface area contributed by atoms with Gasteiger partial charge in [0.2, 0.25) is 0 Å². The maximum Gasteiger partial charge on any atom is 0.0652 e. The molecule has 0 aliphatic rings. The Balaban J connectivity index is 2.23. The summed E-state index contributed by atoms with van der Waals surface area (Å²) >= 11 is 0. The second-order valence-electron chi connectivity index (χ2n) is 5.25. The van der Waals surface area contributed by atoms with E-state index in [1.807, 2.05) is 6.20 Å². The van der Waals surface area contributed by atoms with Crippen LogP contribution in [0.4, 0.5) is 0 Å². The first-order valence-electron chi connectivity index (χ1n) is 6.97. The lowest BCUT2D eigenvalue weighted by Crippen LogP contribution is -2.11. The van der Waals surface area contributed by atoms with Crippen molar-refractivity contribution >= 4 is 0 Å². The summed E-state index contributed by atoms with van der Waals surface area (Å²) in [6.45, 7) is 3.18. The molecule has 2 rings (SSSR count). The molecule has 0 aliphatic heterocycles. The van der Waals surface area contributed by atoms with Crippen LogP contribution in [0.3, 0.4) is 0 Å². The van der Waals surface area contributed by atoms with Gasteiger partial charge in [-0.15, -0.1) is 0 Å². The van der Waals surface area contributed by atoms with Crippen molar-refractivity contribution in [2.45, 2.75) is 32.7 Å². The van der Waals surface area contributed by atoms with Crippen LogP contribution < -0.4 is 0 Å². The lowest BCUT2D eigenvalue weighted by molar-refractivity contribution is 0.402. The molecule has 0 spiro atoms. The molecular weight excluding hydrogens is 234 g/mol. The second kappa shape index (κ2) is 6.53. The first kappa shape index (κ1) is 13.8. The molecule has 0 bridgehead atoms. The van der Waals surface area contributed by atoms with Gasteiger partial charge in [0.15, 0.2) is 0 Å². The van der Waals surface area contributed by atoms with Crippen molar-refractivity contribution in [1.82, 2.24) is 14.7 Å². The molecule has 0 amide bonds. The zero-order valence-corrected chi connectivity index (χ0v) is 12.1. The Hall–Kier alpha value is -1.61. The number of aromatic nitrogens is 2. The largest absolute Gasteiger partial charge is 0.305 e. The number of benzene rings is 1. The maximum absolute atomic E-state index is 4.46. The number of unbranched alkanes of at least 4 members (excludes halogenated alkanes) is 1. The summed E-state index contributed by atoms with van der Waals surface area (Å²) in [5.41, 5.74) is 3.78. The van der Waals surface area contributed by atoms with E-state index in [1.54, 1.807) is 0 Å². The van der Waals surface area contributed by atoms with E-state index in [0.29, 0.717) is 0 Å². The van der Waals surface area contributed by atoms with E-state index in [-0.39, 0.29) is 0 Å². The molecule has 1 aromatic heterocycles. The average Bonchev–Trinajstić information content (AvgIpc) is 2.84. The van der Waals surface area contributed by atoms with Gasteiger partial charge in [0, 0.05) is 18.4 Å². The highest BCUT2D eigenvalue weighted by Gasteiger charge is 2.05. The maximum atomic E-state index is 4.46. The minimum absolute atomic E-state index is 0.958. The molecule has 0 N–H and O–H groups in total. The van der Waals surface area contributed by atoms with Gasteiger partial charge in [-0.3, -0.25) is 0 Å². The molecule has 0 aliphatic carbocycles. The van der Waals surface area contributed by atoms with E-state index in [2.05, 4.69) is 66.0 Å².